The predicted octanol–water partition coefficient (Wildman–Crippen LogP) is 2.76. The second-order valence-corrected chi connectivity index (χ2v) is 7.40. The van der Waals surface area contributed by atoms with Crippen LogP contribution >= 0.6 is 11.6 Å². The number of rotatable bonds is 6. The van der Waals surface area contributed by atoms with E-state index >= 15 is 0 Å². The number of hydrogen-bond acceptors (Lipinski definition) is 5. The zero-order chi connectivity index (χ0) is 19.4. The molecule has 1 aromatic rings. The summed E-state index contributed by atoms with van der Waals surface area (Å²) in [6, 6.07) is 6.29. The van der Waals surface area contributed by atoms with Crippen LogP contribution in [0.25, 0.3) is 0 Å². The molecule has 1 aliphatic heterocycles. The number of carbonyl (C=O) groups excluding carboxylic acids is 3. The highest BCUT2D eigenvalue weighted by molar-refractivity contribution is 6.30. The molecule has 27 heavy (non-hydrogen) atoms. The average molecular weight is 395 g/mol. The Bertz CT molecular complexity index is 723. The molecule has 2 unspecified atom stereocenters. The number of halogens is 1. The molecule has 1 N–H and O–H groups in total. The van der Waals surface area contributed by atoms with Gasteiger partial charge in [0.1, 0.15) is 31.0 Å². The zero-order valence-corrected chi connectivity index (χ0v) is 16.0. The summed E-state index contributed by atoms with van der Waals surface area (Å²) in [6.45, 7) is 1.76. The third kappa shape index (κ3) is 4.18. The van der Waals surface area contributed by atoms with E-state index in [9.17, 15) is 14.4 Å². The molecule has 3 rings (SSSR count). The highest BCUT2D eigenvalue weighted by atomic mass is 35.5. The maximum atomic E-state index is 12.8. The van der Waals surface area contributed by atoms with Crippen molar-refractivity contribution in [3.63, 3.8) is 0 Å². The fourth-order valence-corrected chi connectivity index (χ4v) is 3.79. The Kier molecular flexibility index (Phi) is 5.89. The minimum absolute atomic E-state index is 0.0205. The standard InChI is InChI=1S/C19H23ClN2O5/c1-13-4-2-3-9-19(13)17(24)22(18(25)21-19)12-16(23)27-11-10-26-15-7-5-14(20)6-8-15/h5-8,13H,2-4,9-12H2,1H3,(H,21,25). The van der Waals surface area contributed by atoms with Gasteiger partial charge in [-0.25, -0.2) is 4.79 Å². The van der Waals surface area contributed by atoms with Crippen molar-refractivity contribution in [1.29, 1.82) is 0 Å². The fraction of sp³-hybridized carbons (Fsp3) is 0.526. The Labute approximate surface area is 162 Å². The minimum Gasteiger partial charge on any atom is -0.490 e. The van der Waals surface area contributed by atoms with Crippen LogP contribution in [-0.4, -0.2) is 48.1 Å². The summed E-state index contributed by atoms with van der Waals surface area (Å²) in [6.07, 6.45) is 3.42. The number of urea groups is 1. The number of nitrogens with one attached hydrogen (secondary N) is 1. The molecule has 2 fully saturated rings. The number of amides is 3. The first-order valence-electron chi connectivity index (χ1n) is 9.10. The average Bonchev–Trinajstić information content (AvgIpc) is 2.88. The number of nitrogens with zero attached hydrogens (tertiary/aromatic N) is 1. The normalized spacial score (nSPS) is 24.8. The van der Waals surface area contributed by atoms with E-state index in [1.165, 1.54) is 0 Å². The highest BCUT2D eigenvalue weighted by Gasteiger charge is 2.55. The van der Waals surface area contributed by atoms with Crippen molar-refractivity contribution in [2.75, 3.05) is 19.8 Å². The monoisotopic (exact) mass is 394 g/mol. The molecule has 0 aromatic heterocycles. The lowest BCUT2D eigenvalue weighted by atomic mass is 9.73. The molecular formula is C19H23ClN2O5. The van der Waals surface area contributed by atoms with Gasteiger partial charge in [-0.1, -0.05) is 31.4 Å². The van der Waals surface area contributed by atoms with Gasteiger partial charge in [-0.3, -0.25) is 14.5 Å². The van der Waals surface area contributed by atoms with Gasteiger partial charge in [-0.05, 0) is 43.0 Å². The van der Waals surface area contributed by atoms with Gasteiger partial charge in [0, 0.05) is 5.02 Å². The highest BCUT2D eigenvalue weighted by Crippen LogP contribution is 2.38. The molecule has 1 saturated heterocycles. The van der Waals surface area contributed by atoms with Crippen molar-refractivity contribution in [3.8, 4) is 5.75 Å². The molecule has 7 nitrogen and oxygen atoms in total. The van der Waals surface area contributed by atoms with Crippen molar-refractivity contribution in [2.24, 2.45) is 5.92 Å². The lowest BCUT2D eigenvalue weighted by Gasteiger charge is -2.36. The molecule has 8 heteroatoms. The number of esters is 1. The van der Waals surface area contributed by atoms with Crippen LogP contribution in [0.1, 0.15) is 32.6 Å². The van der Waals surface area contributed by atoms with Gasteiger partial charge in [0.25, 0.3) is 5.91 Å². The van der Waals surface area contributed by atoms with Crippen LogP contribution in [0, 0.1) is 5.92 Å². The molecular weight excluding hydrogens is 372 g/mol. The van der Waals surface area contributed by atoms with E-state index in [0.29, 0.717) is 17.2 Å². The molecule has 1 aromatic carbocycles. The first kappa shape index (κ1) is 19.5. The molecule has 2 aliphatic rings. The molecule has 0 bridgehead atoms. The van der Waals surface area contributed by atoms with Crippen LogP contribution in [-0.2, 0) is 14.3 Å². The summed E-state index contributed by atoms with van der Waals surface area (Å²) in [7, 11) is 0. The van der Waals surface area contributed by atoms with Crippen molar-refractivity contribution >= 4 is 29.5 Å². The summed E-state index contributed by atoms with van der Waals surface area (Å²) in [5.74, 6) is -0.304. The second-order valence-electron chi connectivity index (χ2n) is 6.96. The van der Waals surface area contributed by atoms with E-state index in [0.717, 1.165) is 24.2 Å². The quantitative estimate of drug-likeness (QED) is 0.455. The molecule has 1 saturated carbocycles. The summed E-state index contributed by atoms with van der Waals surface area (Å²) >= 11 is 5.79. The maximum Gasteiger partial charge on any atom is 0.326 e. The van der Waals surface area contributed by atoms with Crippen molar-refractivity contribution in [2.45, 2.75) is 38.1 Å². The fourth-order valence-electron chi connectivity index (χ4n) is 3.66. The predicted molar refractivity (Wildman–Crippen MR) is 98.5 cm³/mol. The van der Waals surface area contributed by atoms with Gasteiger partial charge in [-0.2, -0.15) is 0 Å². The van der Waals surface area contributed by atoms with Crippen molar-refractivity contribution in [3.05, 3.63) is 29.3 Å². The Morgan fingerprint density at radius 1 is 1.26 bits per heavy atom. The van der Waals surface area contributed by atoms with E-state index < -0.39 is 17.5 Å². The first-order valence-corrected chi connectivity index (χ1v) is 9.48. The van der Waals surface area contributed by atoms with Gasteiger partial charge in [0.2, 0.25) is 0 Å². The van der Waals surface area contributed by atoms with Gasteiger partial charge in [0.15, 0.2) is 0 Å². The van der Waals surface area contributed by atoms with E-state index in [4.69, 9.17) is 21.1 Å². The van der Waals surface area contributed by atoms with Crippen LogP contribution in [0.15, 0.2) is 24.3 Å². The van der Waals surface area contributed by atoms with E-state index in [-0.39, 0.29) is 31.6 Å². The summed E-state index contributed by atoms with van der Waals surface area (Å²) < 4.78 is 10.5. The van der Waals surface area contributed by atoms with Crippen molar-refractivity contribution < 1.29 is 23.9 Å². The zero-order valence-electron chi connectivity index (χ0n) is 15.2. The van der Waals surface area contributed by atoms with Gasteiger partial charge in [-0.15, -0.1) is 0 Å². The number of imide groups is 1. The Hall–Kier alpha value is -2.28. The summed E-state index contributed by atoms with van der Waals surface area (Å²) in [5, 5.41) is 3.42. The van der Waals surface area contributed by atoms with Crippen molar-refractivity contribution in [1.82, 2.24) is 10.2 Å². The number of benzene rings is 1. The smallest absolute Gasteiger partial charge is 0.326 e. The number of ether oxygens (including phenoxy) is 2. The molecule has 1 heterocycles. The molecule has 1 spiro atoms. The van der Waals surface area contributed by atoms with Crippen LogP contribution in [0.3, 0.4) is 0 Å². The van der Waals surface area contributed by atoms with Crippen LogP contribution in [0.2, 0.25) is 5.02 Å². The van der Waals surface area contributed by atoms with E-state index in [2.05, 4.69) is 5.32 Å². The van der Waals surface area contributed by atoms with Gasteiger partial charge in [0.05, 0.1) is 0 Å². The summed E-state index contributed by atoms with van der Waals surface area (Å²) in [5.41, 5.74) is -0.868. The first-order chi connectivity index (χ1) is 12.9. The largest absolute Gasteiger partial charge is 0.490 e. The Morgan fingerprint density at radius 3 is 2.70 bits per heavy atom. The Balaban J connectivity index is 1.47. The van der Waals surface area contributed by atoms with Gasteiger partial charge < -0.3 is 14.8 Å². The molecule has 3 amide bonds. The number of carbonyl (C=O) groups is 3. The third-order valence-electron chi connectivity index (χ3n) is 5.22. The van der Waals surface area contributed by atoms with E-state index in [1.54, 1.807) is 24.3 Å². The summed E-state index contributed by atoms with van der Waals surface area (Å²) in [4.78, 5) is 38.0. The van der Waals surface area contributed by atoms with Crippen LogP contribution < -0.4 is 10.1 Å². The Morgan fingerprint density at radius 2 is 2.00 bits per heavy atom. The number of hydrogen-bond donors (Lipinski definition) is 1. The molecule has 1 aliphatic carbocycles. The van der Waals surface area contributed by atoms with Crippen LogP contribution in [0.4, 0.5) is 4.79 Å². The molecule has 146 valence electrons. The lowest BCUT2D eigenvalue weighted by molar-refractivity contribution is -0.149. The van der Waals surface area contributed by atoms with E-state index in [1.807, 2.05) is 6.92 Å². The maximum absolute atomic E-state index is 12.8. The third-order valence-corrected chi connectivity index (χ3v) is 5.47. The van der Waals surface area contributed by atoms with Crippen LogP contribution in [0.5, 0.6) is 5.75 Å². The van der Waals surface area contributed by atoms with Gasteiger partial charge >= 0.3 is 12.0 Å². The topological polar surface area (TPSA) is 84.9 Å². The SMILES string of the molecule is CC1CCCCC12NC(=O)N(CC(=O)OCCOc1ccc(Cl)cc1)C2=O. The molecule has 2 atom stereocenters. The molecule has 0 radical (unpaired) electrons. The second kappa shape index (κ2) is 8.17. The minimum atomic E-state index is -0.868. The lowest BCUT2D eigenvalue weighted by Crippen LogP contribution is -2.54.